The first-order valence-electron chi connectivity index (χ1n) is 9.68. The van der Waals surface area contributed by atoms with Gasteiger partial charge < -0.3 is 4.74 Å². The Balaban J connectivity index is 2.05. The Labute approximate surface area is 187 Å². The van der Waals surface area contributed by atoms with Gasteiger partial charge >= 0.3 is 5.97 Å². The third-order valence-corrected chi connectivity index (χ3v) is 7.03. The summed E-state index contributed by atoms with van der Waals surface area (Å²) in [4.78, 5) is 12.3. The van der Waals surface area contributed by atoms with Gasteiger partial charge in [0.1, 0.15) is 4.88 Å². The maximum atomic E-state index is 13.3. The van der Waals surface area contributed by atoms with Crippen molar-refractivity contribution < 1.29 is 17.9 Å². The second kappa shape index (κ2) is 9.08. The van der Waals surface area contributed by atoms with Crippen LogP contribution < -0.4 is 4.72 Å². The van der Waals surface area contributed by atoms with Crippen molar-refractivity contribution in [2.24, 2.45) is 0 Å². The first-order chi connectivity index (χ1) is 14.6. The molecule has 0 aliphatic rings. The molecule has 162 valence electrons. The number of rotatable bonds is 6. The molecule has 3 rings (SSSR count). The molecule has 0 amide bonds. The van der Waals surface area contributed by atoms with E-state index in [0.29, 0.717) is 5.56 Å². The third-order valence-electron chi connectivity index (χ3n) is 4.70. The summed E-state index contributed by atoms with van der Waals surface area (Å²) in [5.41, 5.74) is 2.61. The van der Waals surface area contributed by atoms with E-state index in [0.717, 1.165) is 22.5 Å². The zero-order chi connectivity index (χ0) is 22.6. The van der Waals surface area contributed by atoms with Crippen molar-refractivity contribution in [3.8, 4) is 0 Å². The van der Waals surface area contributed by atoms with Crippen molar-refractivity contribution in [2.75, 3.05) is 11.8 Å². The third kappa shape index (κ3) is 5.42. The second-order valence-electron chi connectivity index (χ2n) is 8.01. The minimum atomic E-state index is -3.95. The normalized spacial score (nSPS) is 12.1. The van der Waals surface area contributed by atoms with Crippen molar-refractivity contribution in [3.63, 3.8) is 0 Å². The molecule has 1 N–H and O–H groups in total. The molecule has 5 nitrogen and oxygen atoms in total. The molecule has 0 saturated heterocycles. The Bertz CT molecular complexity index is 1200. The fraction of sp³-hybridized carbons (Fsp3) is 0.208. The zero-order valence-electron chi connectivity index (χ0n) is 17.9. The van der Waals surface area contributed by atoms with Crippen LogP contribution in [0, 0.1) is 0 Å². The van der Waals surface area contributed by atoms with Gasteiger partial charge in [0, 0.05) is 0 Å². The lowest BCUT2D eigenvalue weighted by molar-refractivity contribution is 0.0607. The van der Waals surface area contributed by atoms with Crippen LogP contribution in [-0.4, -0.2) is 21.5 Å². The van der Waals surface area contributed by atoms with Crippen molar-refractivity contribution in [1.82, 2.24) is 0 Å². The highest BCUT2D eigenvalue weighted by molar-refractivity contribution is 7.92. The maximum Gasteiger partial charge on any atom is 0.350 e. The van der Waals surface area contributed by atoms with Gasteiger partial charge in [-0.2, -0.15) is 0 Å². The summed E-state index contributed by atoms with van der Waals surface area (Å²) >= 11 is 1.12. The standard InChI is InChI=1S/C24H25NO4S2/c1-24(2,3)19-12-13-21(18(16-19)11-10-17-8-6-5-7-9-17)31(27,28)25-20-14-15-30-22(20)23(26)29-4/h5-16,25H,1-4H3/b11-10+. The maximum absolute atomic E-state index is 13.3. The van der Waals surface area contributed by atoms with Crippen LogP contribution in [0.3, 0.4) is 0 Å². The molecule has 1 aromatic heterocycles. The van der Waals surface area contributed by atoms with Crippen LogP contribution in [0.15, 0.2) is 64.9 Å². The lowest BCUT2D eigenvalue weighted by Gasteiger charge is -2.21. The molecular formula is C24H25NO4S2. The molecule has 0 saturated carbocycles. The number of methoxy groups -OCH3 is 1. The molecule has 3 aromatic rings. The van der Waals surface area contributed by atoms with Gasteiger partial charge in [0.25, 0.3) is 10.0 Å². The number of esters is 1. The van der Waals surface area contributed by atoms with Gasteiger partial charge in [0.15, 0.2) is 0 Å². The number of nitrogens with one attached hydrogen (secondary N) is 1. The Morgan fingerprint density at radius 3 is 2.39 bits per heavy atom. The van der Waals surface area contributed by atoms with Crippen LogP contribution in [0.2, 0.25) is 0 Å². The molecule has 2 aromatic carbocycles. The molecule has 0 aliphatic heterocycles. The number of carbonyl (C=O) groups is 1. The summed E-state index contributed by atoms with van der Waals surface area (Å²) < 4.78 is 33.8. The van der Waals surface area contributed by atoms with Gasteiger partial charge in [-0.1, -0.05) is 69.3 Å². The fourth-order valence-electron chi connectivity index (χ4n) is 2.98. The van der Waals surface area contributed by atoms with E-state index in [1.54, 1.807) is 23.6 Å². The van der Waals surface area contributed by atoms with Gasteiger partial charge in [0.2, 0.25) is 0 Å². The molecule has 0 fully saturated rings. The van der Waals surface area contributed by atoms with Gasteiger partial charge in [0.05, 0.1) is 17.7 Å². The van der Waals surface area contributed by atoms with Crippen LogP contribution in [0.1, 0.15) is 47.1 Å². The topological polar surface area (TPSA) is 72.5 Å². The largest absolute Gasteiger partial charge is 0.465 e. The monoisotopic (exact) mass is 455 g/mol. The van der Waals surface area contributed by atoms with E-state index >= 15 is 0 Å². The summed E-state index contributed by atoms with van der Waals surface area (Å²) in [5.74, 6) is -0.583. The molecule has 0 radical (unpaired) electrons. The van der Waals surface area contributed by atoms with Crippen LogP contribution in [0.25, 0.3) is 12.2 Å². The van der Waals surface area contributed by atoms with Gasteiger partial charge in [-0.3, -0.25) is 4.72 Å². The molecule has 1 heterocycles. The van der Waals surface area contributed by atoms with E-state index in [2.05, 4.69) is 25.5 Å². The smallest absolute Gasteiger partial charge is 0.350 e. The SMILES string of the molecule is COC(=O)c1sccc1NS(=O)(=O)c1ccc(C(C)(C)C)cc1/C=C/c1ccccc1. The average Bonchev–Trinajstić information content (AvgIpc) is 3.19. The highest BCUT2D eigenvalue weighted by Crippen LogP contribution is 2.31. The number of benzene rings is 2. The minimum Gasteiger partial charge on any atom is -0.465 e. The lowest BCUT2D eigenvalue weighted by Crippen LogP contribution is -2.17. The predicted molar refractivity (Wildman–Crippen MR) is 127 cm³/mol. The molecule has 31 heavy (non-hydrogen) atoms. The summed E-state index contributed by atoms with van der Waals surface area (Å²) in [6.45, 7) is 6.23. The molecule has 0 atom stereocenters. The van der Waals surface area contributed by atoms with Gasteiger partial charge in [-0.25, -0.2) is 13.2 Å². The first kappa shape index (κ1) is 22.8. The quantitative estimate of drug-likeness (QED) is 0.376. The van der Waals surface area contributed by atoms with Crippen molar-refractivity contribution in [2.45, 2.75) is 31.1 Å². The number of ether oxygens (including phenoxy) is 1. The van der Waals surface area contributed by atoms with Crippen molar-refractivity contribution >= 4 is 45.2 Å². The summed E-state index contributed by atoms with van der Waals surface area (Å²) in [7, 11) is -2.69. The molecule has 0 unspecified atom stereocenters. The summed E-state index contributed by atoms with van der Waals surface area (Å²) in [5, 5.41) is 1.64. The van der Waals surface area contributed by atoms with Gasteiger partial charge in [-0.15, -0.1) is 11.3 Å². The number of thiophene rings is 1. The van der Waals surface area contributed by atoms with E-state index in [9.17, 15) is 13.2 Å². The van der Waals surface area contributed by atoms with Crippen LogP contribution in [-0.2, 0) is 20.2 Å². The Kier molecular flexibility index (Phi) is 6.67. The Morgan fingerprint density at radius 2 is 1.74 bits per heavy atom. The fourth-order valence-corrected chi connectivity index (χ4v) is 5.06. The zero-order valence-corrected chi connectivity index (χ0v) is 19.5. The predicted octanol–water partition coefficient (Wildman–Crippen LogP) is 5.80. The second-order valence-corrected chi connectivity index (χ2v) is 10.6. The molecule has 0 spiro atoms. The molecule has 7 heteroatoms. The summed E-state index contributed by atoms with van der Waals surface area (Å²) in [6.07, 6.45) is 3.68. The Hall–Kier alpha value is -2.90. The summed E-state index contributed by atoms with van der Waals surface area (Å²) in [6, 6.07) is 16.6. The molecule has 0 aliphatic carbocycles. The van der Waals surface area contributed by atoms with Crippen LogP contribution >= 0.6 is 11.3 Å². The molecular weight excluding hydrogens is 430 g/mol. The van der Waals surface area contributed by atoms with Gasteiger partial charge in [-0.05, 0) is 45.7 Å². The highest BCUT2D eigenvalue weighted by atomic mass is 32.2. The first-order valence-corrected chi connectivity index (χ1v) is 12.0. The lowest BCUT2D eigenvalue weighted by atomic mass is 9.86. The number of carbonyl (C=O) groups excluding carboxylic acids is 1. The van der Waals surface area contributed by atoms with E-state index in [1.807, 2.05) is 48.5 Å². The van der Waals surface area contributed by atoms with E-state index in [1.165, 1.54) is 7.11 Å². The van der Waals surface area contributed by atoms with E-state index in [4.69, 9.17) is 4.74 Å². The van der Waals surface area contributed by atoms with Crippen molar-refractivity contribution in [3.05, 3.63) is 81.5 Å². The van der Waals surface area contributed by atoms with E-state index < -0.39 is 16.0 Å². The number of hydrogen-bond donors (Lipinski definition) is 1. The van der Waals surface area contributed by atoms with Crippen LogP contribution in [0.4, 0.5) is 5.69 Å². The number of sulfonamides is 1. The number of anilines is 1. The van der Waals surface area contributed by atoms with Crippen molar-refractivity contribution in [1.29, 1.82) is 0 Å². The molecule has 0 bridgehead atoms. The highest BCUT2D eigenvalue weighted by Gasteiger charge is 2.24. The van der Waals surface area contributed by atoms with E-state index in [-0.39, 0.29) is 20.9 Å². The Morgan fingerprint density at radius 1 is 1.03 bits per heavy atom. The number of hydrogen-bond acceptors (Lipinski definition) is 5. The minimum absolute atomic E-state index is 0.134. The van der Waals surface area contributed by atoms with Crippen LogP contribution in [0.5, 0.6) is 0 Å². The average molecular weight is 456 g/mol.